The lowest BCUT2D eigenvalue weighted by atomic mass is 10.3. The number of nitrogens with one attached hydrogen (secondary N) is 2. The number of rotatable bonds is 6. The summed E-state index contributed by atoms with van der Waals surface area (Å²) in [6.45, 7) is 1.96. The number of thiazole rings is 1. The smallest absolute Gasteiger partial charge is 0.274 e. The van der Waals surface area contributed by atoms with Crippen LogP contribution in [0.4, 0.5) is 9.52 Å². The van der Waals surface area contributed by atoms with Crippen molar-refractivity contribution in [3.05, 3.63) is 17.8 Å². The number of carbonyl (C=O) groups excluding carboxylic acids is 1. The summed E-state index contributed by atoms with van der Waals surface area (Å²) in [5.41, 5.74) is 0.601. The number of furan rings is 1. The van der Waals surface area contributed by atoms with Crippen LogP contribution in [-0.4, -0.2) is 32.5 Å². The zero-order chi connectivity index (χ0) is 16.3. The van der Waals surface area contributed by atoms with E-state index in [1.807, 2.05) is 0 Å². The van der Waals surface area contributed by atoms with Crippen LogP contribution in [0.2, 0.25) is 0 Å². The fraction of sp³-hybridized carbons (Fsp3) is 0.333. The molecule has 0 atom stereocenters. The van der Waals surface area contributed by atoms with Crippen molar-refractivity contribution in [3.63, 3.8) is 0 Å². The summed E-state index contributed by atoms with van der Waals surface area (Å²) >= 11 is 1.17. The van der Waals surface area contributed by atoms with E-state index in [0.29, 0.717) is 21.5 Å². The maximum atomic E-state index is 12.1. The molecule has 0 aliphatic rings. The Labute approximate surface area is 133 Å². The maximum Gasteiger partial charge on any atom is 0.274 e. The third kappa shape index (κ3) is 3.70. The highest BCUT2D eigenvalue weighted by Crippen LogP contribution is 2.34. The molecule has 2 rings (SSSR count). The molecule has 0 radical (unpaired) electrons. The topological polar surface area (TPSA) is 101 Å². The van der Waals surface area contributed by atoms with Gasteiger partial charge in [-0.05, 0) is 19.1 Å². The average molecular weight is 351 g/mol. The number of hydrogen-bond acceptors (Lipinski definition) is 6. The Morgan fingerprint density at radius 1 is 1.50 bits per heavy atom. The van der Waals surface area contributed by atoms with Crippen LogP contribution in [0.3, 0.4) is 0 Å². The Hall–Kier alpha value is -1.78. The number of alkyl halides is 1. The molecule has 2 aromatic heterocycles. The van der Waals surface area contributed by atoms with E-state index < -0.39 is 16.7 Å². The van der Waals surface area contributed by atoms with Gasteiger partial charge in [0.05, 0.1) is 10.6 Å². The molecular formula is C12H18FN3O4S2. The van der Waals surface area contributed by atoms with E-state index in [1.54, 1.807) is 6.92 Å². The number of hydrogen-bond donors (Lipinski definition) is 2. The molecule has 0 aromatic carbocycles. The molecule has 0 spiro atoms. The van der Waals surface area contributed by atoms with E-state index in [9.17, 15) is 17.6 Å². The predicted octanol–water partition coefficient (Wildman–Crippen LogP) is 2.41. The monoisotopic (exact) mass is 351 g/mol. The minimum atomic E-state index is -3.88. The molecule has 7 nitrogen and oxygen atoms in total. The molecule has 2 aromatic rings. The second-order valence-electron chi connectivity index (χ2n) is 4.32. The summed E-state index contributed by atoms with van der Waals surface area (Å²) in [6, 6.07) is 2.77. The summed E-state index contributed by atoms with van der Waals surface area (Å²) in [4.78, 5) is 15.8. The highest BCUT2D eigenvalue weighted by molar-refractivity contribution is 7.89. The van der Waals surface area contributed by atoms with Gasteiger partial charge < -0.3 is 9.73 Å². The molecule has 0 bridgehead atoms. The third-order valence-electron chi connectivity index (χ3n) is 2.54. The lowest BCUT2D eigenvalue weighted by molar-refractivity contribution is -0.114. The molecule has 0 saturated carbocycles. The predicted molar refractivity (Wildman–Crippen MR) is 84.2 cm³/mol. The van der Waals surface area contributed by atoms with E-state index in [1.165, 1.54) is 30.4 Å². The number of amides is 1. The molecule has 124 valence electrons. The molecule has 0 unspecified atom stereocenters. The van der Waals surface area contributed by atoms with Crippen molar-refractivity contribution >= 4 is 32.4 Å². The Morgan fingerprint density at radius 2 is 2.23 bits per heavy atom. The lowest BCUT2D eigenvalue weighted by Crippen LogP contribution is -2.25. The standard InChI is InChI=1S/C12H14FN3O4S2.2H2/c1-7-11(21-12(15-7)16-8(2)17)9-3-4-10(20-9)22(18,19)14-6-5-13;;/h3-4,14H,5-6H2,1-2H3,(H,15,16,17);2*1H. The number of anilines is 1. The van der Waals surface area contributed by atoms with Gasteiger partial charge in [-0.3, -0.25) is 4.79 Å². The lowest BCUT2D eigenvalue weighted by Gasteiger charge is -2.00. The van der Waals surface area contributed by atoms with Crippen LogP contribution in [0.5, 0.6) is 0 Å². The van der Waals surface area contributed by atoms with Crippen LogP contribution < -0.4 is 10.0 Å². The maximum absolute atomic E-state index is 12.1. The molecule has 22 heavy (non-hydrogen) atoms. The Morgan fingerprint density at radius 3 is 2.86 bits per heavy atom. The summed E-state index contributed by atoms with van der Waals surface area (Å²) in [7, 11) is -3.88. The average Bonchev–Trinajstić information content (AvgIpc) is 3.03. The number of sulfonamides is 1. The molecule has 0 aliphatic carbocycles. The van der Waals surface area contributed by atoms with E-state index in [0.717, 1.165) is 0 Å². The van der Waals surface area contributed by atoms with Gasteiger partial charge in [0, 0.05) is 16.3 Å². The fourth-order valence-electron chi connectivity index (χ4n) is 1.66. The van der Waals surface area contributed by atoms with Gasteiger partial charge in [-0.1, -0.05) is 11.3 Å². The van der Waals surface area contributed by atoms with Gasteiger partial charge >= 0.3 is 0 Å². The Kier molecular flexibility index (Phi) is 4.94. The summed E-state index contributed by atoms with van der Waals surface area (Å²) in [5, 5.41) is 2.65. The van der Waals surface area contributed by atoms with E-state index in [2.05, 4.69) is 15.0 Å². The number of aromatic nitrogens is 1. The summed E-state index contributed by atoms with van der Waals surface area (Å²) in [5.74, 6) is 0.0608. The van der Waals surface area contributed by atoms with Crippen LogP contribution in [0.15, 0.2) is 21.6 Å². The van der Waals surface area contributed by atoms with E-state index >= 15 is 0 Å². The van der Waals surface area contributed by atoms with Gasteiger partial charge in [-0.25, -0.2) is 22.5 Å². The SMILES string of the molecule is CC(=O)Nc1nc(C)c(-c2ccc(S(=O)(=O)NCCF)o2)s1.[HH].[HH]. The summed E-state index contributed by atoms with van der Waals surface area (Å²) < 4.78 is 43.1. The van der Waals surface area contributed by atoms with Crippen molar-refractivity contribution < 1.29 is 24.9 Å². The molecule has 0 saturated heterocycles. The first-order valence-corrected chi connectivity index (χ1v) is 8.54. The number of aryl methyl sites for hydroxylation is 1. The Balaban J connectivity index is 0.00000264. The summed E-state index contributed by atoms with van der Waals surface area (Å²) in [6.07, 6.45) is 0. The fourth-order valence-corrected chi connectivity index (χ4v) is 3.57. The van der Waals surface area contributed by atoms with Gasteiger partial charge in [-0.2, -0.15) is 0 Å². The third-order valence-corrected chi connectivity index (χ3v) is 4.96. The van der Waals surface area contributed by atoms with Crippen LogP contribution in [0.1, 0.15) is 15.5 Å². The molecule has 2 heterocycles. The van der Waals surface area contributed by atoms with Crippen LogP contribution in [-0.2, 0) is 14.8 Å². The zero-order valence-electron chi connectivity index (χ0n) is 11.8. The minimum Gasteiger partial charge on any atom is -0.442 e. The van der Waals surface area contributed by atoms with Crippen molar-refractivity contribution in [2.24, 2.45) is 0 Å². The van der Waals surface area contributed by atoms with Crippen molar-refractivity contribution in [3.8, 4) is 10.6 Å². The highest BCUT2D eigenvalue weighted by atomic mass is 32.2. The van der Waals surface area contributed by atoms with Gasteiger partial charge in [0.2, 0.25) is 11.0 Å². The number of carbonyl (C=O) groups is 1. The normalized spacial score (nSPS) is 11.6. The minimum absolute atomic E-state index is 0. The van der Waals surface area contributed by atoms with Gasteiger partial charge in [0.1, 0.15) is 12.4 Å². The van der Waals surface area contributed by atoms with E-state index in [4.69, 9.17) is 4.42 Å². The first-order valence-electron chi connectivity index (χ1n) is 6.24. The van der Waals surface area contributed by atoms with Crippen LogP contribution in [0.25, 0.3) is 10.6 Å². The number of halogens is 1. The van der Waals surface area contributed by atoms with Crippen molar-refractivity contribution in [2.45, 2.75) is 18.9 Å². The van der Waals surface area contributed by atoms with Crippen molar-refractivity contribution in [2.75, 3.05) is 18.5 Å². The second kappa shape index (κ2) is 6.55. The molecule has 10 heteroatoms. The second-order valence-corrected chi connectivity index (χ2v) is 7.02. The molecule has 2 N–H and O–H groups in total. The molecular weight excluding hydrogens is 333 g/mol. The highest BCUT2D eigenvalue weighted by Gasteiger charge is 2.21. The van der Waals surface area contributed by atoms with Crippen LogP contribution in [0, 0.1) is 6.92 Å². The first-order chi connectivity index (χ1) is 10.3. The van der Waals surface area contributed by atoms with Gasteiger partial charge in [0.15, 0.2) is 5.13 Å². The molecule has 0 fully saturated rings. The first kappa shape index (κ1) is 16.6. The molecule has 0 aliphatic heterocycles. The quantitative estimate of drug-likeness (QED) is 0.832. The zero-order valence-corrected chi connectivity index (χ0v) is 13.5. The molecule has 1 amide bonds. The van der Waals surface area contributed by atoms with E-state index in [-0.39, 0.29) is 20.4 Å². The van der Waals surface area contributed by atoms with Crippen molar-refractivity contribution in [1.29, 1.82) is 0 Å². The number of nitrogens with zero attached hydrogens (tertiary/aromatic N) is 1. The Bertz CT molecular complexity index is 792. The van der Waals surface area contributed by atoms with Gasteiger partial charge in [0.25, 0.3) is 10.0 Å². The van der Waals surface area contributed by atoms with Crippen molar-refractivity contribution in [1.82, 2.24) is 9.71 Å². The van der Waals surface area contributed by atoms with Gasteiger partial charge in [-0.15, -0.1) is 0 Å². The van der Waals surface area contributed by atoms with Crippen LogP contribution >= 0.6 is 11.3 Å². The largest absolute Gasteiger partial charge is 0.442 e.